The summed E-state index contributed by atoms with van der Waals surface area (Å²) in [5.41, 5.74) is 1.35. The molecule has 0 spiro atoms. The first-order valence-electron chi connectivity index (χ1n) is 7.60. The first-order chi connectivity index (χ1) is 12.5. The van der Waals surface area contributed by atoms with Crippen LogP contribution in [0.4, 0.5) is 8.78 Å². The minimum atomic E-state index is -1.29. The smallest absolute Gasteiger partial charge is 0.348 e. The lowest BCUT2D eigenvalue weighted by Gasteiger charge is -2.02. The summed E-state index contributed by atoms with van der Waals surface area (Å²) in [5.74, 6) is -3.01. The summed E-state index contributed by atoms with van der Waals surface area (Å²) in [6.45, 7) is 1.77. The van der Waals surface area contributed by atoms with Gasteiger partial charge in [-0.3, -0.25) is 0 Å². The largest absolute Gasteiger partial charge is 0.477 e. The van der Waals surface area contributed by atoms with Gasteiger partial charge < -0.3 is 5.11 Å². The molecule has 0 saturated heterocycles. The van der Waals surface area contributed by atoms with Crippen LogP contribution in [-0.2, 0) is 0 Å². The normalized spacial score (nSPS) is 11.2. The first kappa shape index (κ1) is 16.3. The maximum atomic E-state index is 14.2. The van der Waals surface area contributed by atoms with Crippen molar-refractivity contribution < 1.29 is 18.7 Å². The summed E-state index contributed by atoms with van der Waals surface area (Å²) >= 11 is 0.869. The number of carboxylic acid groups (broad SMARTS) is 1. The molecular weight excluding hydrogens is 360 g/mol. The van der Waals surface area contributed by atoms with Crippen molar-refractivity contribution in [2.24, 2.45) is 0 Å². The second-order valence-corrected chi connectivity index (χ2v) is 6.59. The van der Waals surface area contributed by atoms with E-state index in [0.717, 1.165) is 29.0 Å². The minimum absolute atomic E-state index is 0.220. The Morgan fingerprint density at radius 3 is 2.54 bits per heavy atom. The molecule has 130 valence electrons. The van der Waals surface area contributed by atoms with Crippen LogP contribution < -0.4 is 0 Å². The van der Waals surface area contributed by atoms with E-state index in [9.17, 15) is 18.7 Å². The minimum Gasteiger partial charge on any atom is -0.477 e. The summed E-state index contributed by atoms with van der Waals surface area (Å²) in [6, 6.07) is 8.82. The van der Waals surface area contributed by atoms with E-state index in [2.05, 4.69) is 10.1 Å². The van der Waals surface area contributed by atoms with Gasteiger partial charge in [-0.15, -0.1) is 11.3 Å². The van der Waals surface area contributed by atoms with Gasteiger partial charge in [0.1, 0.15) is 27.2 Å². The van der Waals surface area contributed by atoms with Gasteiger partial charge in [-0.05, 0) is 31.2 Å². The number of nitrogens with zero attached hydrogens (tertiary/aromatic N) is 3. The fourth-order valence-electron chi connectivity index (χ4n) is 2.85. The second kappa shape index (κ2) is 5.99. The van der Waals surface area contributed by atoms with Crippen molar-refractivity contribution >= 4 is 22.8 Å². The Kier molecular flexibility index (Phi) is 3.77. The standard InChI is InChI=1S/C18H11F2N3O2S/c1-9-13(12-7-2-3-8-23(12)22-9)17-21-15(16(26-17)18(24)25)14-10(19)5-4-6-11(14)20/h2-8H,1H3,(H,24,25). The van der Waals surface area contributed by atoms with Crippen LogP contribution in [0.25, 0.3) is 27.3 Å². The van der Waals surface area contributed by atoms with Crippen molar-refractivity contribution in [1.82, 2.24) is 14.6 Å². The number of pyridine rings is 1. The van der Waals surface area contributed by atoms with Crippen molar-refractivity contribution in [3.05, 3.63) is 64.8 Å². The van der Waals surface area contributed by atoms with Crippen LogP contribution >= 0.6 is 11.3 Å². The fraction of sp³-hybridized carbons (Fsp3) is 0.0556. The monoisotopic (exact) mass is 371 g/mol. The number of fused-ring (bicyclic) bond motifs is 1. The number of carboxylic acids is 1. The van der Waals surface area contributed by atoms with Gasteiger partial charge in [-0.1, -0.05) is 12.1 Å². The Morgan fingerprint density at radius 1 is 1.12 bits per heavy atom. The lowest BCUT2D eigenvalue weighted by atomic mass is 10.1. The number of rotatable bonds is 3. The number of aromatic nitrogens is 3. The number of carbonyl (C=O) groups is 1. The maximum absolute atomic E-state index is 14.2. The van der Waals surface area contributed by atoms with E-state index >= 15 is 0 Å². The van der Waals surface area contributed by atoms with Crippen LogP contribution in [0.5, 0.6) is 0 Å². The maximum Gasteiger partial charge on any atom is 0.348 e. The third-order valence-corrected chi connectivity index (χ3v) is 5.01. The van der Waals surface area contributed by atoms with Gasteiger partial charge in [0.25, 0.3) is 0 Å². The topological polar surface area (TPSA) is 67.5 Å². The average Bonchev–Trinajstić information content (AvgIpc) is 3.15. The highest BCUT2D eigenvalue weighted by atomic mass is 32.1. The number of aryl methyl sites for hydroxylation is 1. The molecule has 0 aliphatic heterocycles. The van der Waals surface area contributed by atoms with Crippen molar-refractivity contribution in [2.75, 3.05) is 0 Å². The van der Waals surface area contributed by atoms with Gasteiger partial charge in [0, 0.05) is 6.20 Å². The molecule has 26 heavy (non-hydrogen) atoms. The predicted molar refractivity (Wildman–Crippen MR) is 93.3 cm³/mol. The zero-order chi connectivity index (χ0) is 18.4. The van der Waals surface area contributed by atoms with E-state index < -0.39 is 23.2 Å². The quantitative estimate of drug-likeness (QED) is 0.579. The number of hydrogen-bond acceptors (Lipinski definition) is 4. The highest BCUT2D eigenvalue weighted by Gasteiger charge is 2.26. The van der Waals surface area contributed by atoms with Crippen molar-refractivity contribution in [2.45, 2.75) is 6.92 Å². The van der Waals surface area contributed by atoms with Crippen LogP contribution in [0.3, 0.4) is 0 Å². The molecular formula is C18H11F2N3O2S. The number of halogens is 2. The van der Waals surface area contributed by atoms with Gasteiger partial charge in [-0.2, -0.15) is 5.10 Å². The van der Waals surface area contributed by atoms with Crippen LogP contribution in [0.1, 0.15) is 15.4 Å². The molecule has 0 unspecified atom stereocenters. The number of benzene rings is 1. The number of hydrogen-bond donors (Lipinski definition) is 1. The van der Waals surface area contributed by atoms with E-state index in [4.69, 9.17) is 0 Å². The molecule has 0 aliphatic carbocycles. The molecule has 1 N–H and O–H groups in total. The molecule has 0 amide bonds. The highest BCUT2D eigenvalue weighted by molar-refractivity contribution is 7.17. The van der Waals surface area contributed by atoms with Crippen LogP contribution in [0.2, 0.25) is 0 Å². The summed E-state index contributed by atoms with van der Waals surface area (Å²) < 4.78 is 30.0. The molecule has 0 bridgehead atoms. The van der Waals surface area contributed by atoms with E-state index in [1.54, 1.807) is 17.6 Å². The zero-order valence-corrected chi connectivity index (χ0v) is 14.2. The van der Waals surface area contributed by atoms with Crippen LogP contribution in [0, 0.1) is 18.6 Å². The van der Waals surface area contributed by atoms with Gasteiger partial charge in [-0.25, -0.2) is 23.1 Å². The molecule has 5 nitrogen and oxygen atoms in total. The zero-order valence-electron chi connectivity index (χ0n) is 13.4. The third kappa shape index (κ3) is 2.46. The van der Waals surface area contributed by atoms with E-state index in [1.165, 1.54) is 6.07 Å². The molecule has 0 radical (unpaired) electrons. The molecule has 3 heterocycles. The van der Waals surface area contributed by atoms with Crippen molar-refractivity contribution in [3.63, 3.8) is 0 Å². The van der Waals surface area contributed by atoms with Gasteiger partial charge in [0.15, 0.2) is 0 Å². The summed E-state index contributed by atoms with van der Waals surface area (Å²) in [5, 5.41) is 14.2. The van der Waals surface area contributed by atoms with Crippen molar-refractivity contribution in [1.29, 1.82) is 0 Å². The Morgan fingerprint density at radius 2 is 1.85 bits per heavy atom. The summed E-state index contributed by atoms with van der Waals surface area (Å²) in [7, 11) is 0. The van der Waals surface area contributed by atoms with E-state index in [-0.39, 0.29) is 10.6 Å². The van der Waals surface area contributed by atoms with Gasteiger partial charge in [0.05, 0.1) is 22.3 Å². The average molecular weight is 371 g/mol. The lowest BCUT2D eigenvalue weighted by Crippen LogP contribution is -1.98. The molecule has 4 aromatic rings. The molecule has 0 fully saturated rings. The molecule has 1 aromatic carbocycles. The molecule has 0 aliphatic rings. The van der Waals surface area contributed by atoms with Gasteiger partial charge >= 0.3 is 5.97 Å². The van der Waals surface area contributed by atoms with E-state index in [1.807, 2.05) is 18.2 Å². The van der Waals surface area contributed by atoms with Crippen LogP contribution in [-0.4, -0.2) is 25.7 Å². The SMILES string of the molecule is Cc1nn2ccccc2c1-c1nc(-c2c(F)cccc2F)c(C(=O)O)s1. The third-order valence-electron chi connectivity index (χ3n) is 3.95. The number of aromatic carboxylic acids is 1. The molecule has 8 heteroatoms. The molecule has 0 atom stereocenters. The second-order valence-electron chi connectivity index (χ2n) is 5.59. The Hall–Kier alpha value is -3.13. The van der Waals surface area contributed by atoms with Gasteiger partial charge in [0.2, 0.25) is 0 Å². The first-order valence-corrected chi connectivity index (χ1v) is 8.42. The van der Waals surface area contributed by atoms with E-state index in [0.29, 0.717) is 16.3 Å². The van der Waals surface area contributed by atoms with Crippen molar-refractivity contribution in [3.8, 4) is 21.8 Å². The predicted octanol–water partition coefficient (Wildman–Crippen LogP) is 4.41. The highest BCUT2D eigenvalue weighted by Crippen LogP contribution is 2.38. The molecule has 0 saturated carbocycles. The molecule has 4 rings (SSSR count). The summed E-state index contributed by atoms with van der Waals surface area (Å²) in [6.07, 6.45) is 1.76. The fourth-order valence-corrected chi connectivity index (χ4v) is 3.86. The Bertz CT molecular complexity index is 1150. The van der Waals surface area contributed by atoms with Crippen LogP contribution in [0.15, 0.2) is 42.6 Å². The Balaban J connectivity index is 2.01. The molecule has 3 aromatic heterocycles. The Labute approximate surface area is 150 Å². The number of thiazole rings is 1. The summed E-state index contributed by atoms with van der Waals surface area (Å²) in [4.78, 5) is 15.7. The lowest BCUT2D eigenvalue weighted by molar-refractivity contribution is 0.0702.